The molecule has 2 rings (SSSR count). The van der Waals surface area contributed by atoms with Crippen LogP contribution in [0.4, 0.5) is 5.69 Å². The Hall–Kier alpha value is -1.80. The second-order valence-corrected chi connectivity index (χ2v) is 5.67. The Balaban J connectivity index is 2.03. The van der Waals surface area contributed by atoms with E-state index in [0.717, 1.165) is 12.2 Å². The molecule has 100 valence electrons. The molecule has 0 saturated carbocycles. The molecule has 0 saturated heterocycles. The molecule has 0 radical (unpaired) electrons. The van der Waals surface area contributed by atoms with Gasteiger partial charge in [-0.05, 0) is 35.2 Å². The van der Waals surface area contributed by atoms with Crippen LogP contribution in [0.2, 0.25) is 0 Å². The van der Waals surface area contributed by atoms with E-state index in [4.69, 9.17) is 5.73 Å². The molecule has 19 heavy (non-hydrogen) atoms. The third-order valence-electron chi connectivity index (χ3n) is 3.32. The summed E-state index contributed by atoms with van der Waals surface area (Å²) in [6.07, 6.45) is 0. The predicted molar refractivity (Wildman–Crippen MR) is 83.2 cm³/mol. The Bertz CT molecular complexity index is 501. The van der Waals surface area contributed by atoms with Crippen LogP contribution in [0.3, 0.4) is 0 Å². The minimum atomic E-state index is 0.123. The van der Waals surface area contributed by atoms with E-state index in [1.54, 1.807) is 0 Å². The lowest BCUT2D eigenvalue weighted by atomic mass is 9.94. The summed E-state index contributed by atoms with van der Waals surface area (Å²) < 4.78 is 0. The van der Waals surface area contributed by atoms with E-state index in [-0.39, 0.29) is 5.41 Å². The van der Waals surface area contributed by atoms with Crippen molar-refractivity contribution in [2.24, 2.45) is 11.1 Å². The Morgan fingerprint density at radius 2 is 1.47 bits per heavy atom. The van der Waals surface area contributed by atoms with E-state index in [0.29, 0.717) is 6.54 Å². The van der Waals surface area contributed by atoms with Gasteiger partial charge in [0.2, 0.25) is 0 Å². The first kappa shape index (κ1) is 13.6. The SMILES string of the molecule is CC(C)(CN)CNc1ccc(-c2ccccc2)cc1. The number of nitrogens with one attached hydrogen (secondary N) is 1. The third kappa shape index (κ3) is 3.83. The highest BCUT2D eigenvalue weighted by molar-refractivity contribution is 5.65. The Morgan fingerprint density at radius 1 is 0.895 bits per heavy atom. The Labute approximate surface area is 115 Å². The van der Waals surface area contributed by atoms with Crippen LogP contribution in [0, 0.1) is 5.41 Å². The molecular weight excluding hydrogens is 232 g/mol. The highest BCUT2D eigenvalue weighted by atomic mass is 14.9. The van der Waals surface area contributed by atoms with Gasteiger partial charge in [-0.2, -0.15) is 0 Å². The molecule has 0 aliphatic rings. The summed E-state index contributed by atoms with van der Waals surface area (Å²) in [5.74, 6) is 0. The molecule has 3 N–H and O–H groups in total. The van der Waals surface area contributed by atoms with Crippen LogP contribution in [0.1, 0.15) is 13.8 Å². The zero-order chi connectivity index (χ0) is 13.7. The lowest BCUT2D eigenvalue weighted by Crippen LogP contribution is -2.31. The van der Waals surface area contributed by atoms with Crippen LogP contribution in [0.5, 0.6) is 0 Å². The van der Waals surface area contributed by atoms with Gasteiger partial charge in [0.15, 0.2) is 0 Å². The van der Waals surface area contributed by atoms with Gasteiger partial charge in [0.25, 0.3) is 0 Å². The fourth-order valence-corrected chi connectivity index (χ4v) is 1.82. The molecule has 0 bridgehead atoms. The quantitative estimate of drug-likeness (QED) is 0.852. The fourth-order valence-electron chi connectivity index (χ4n) is 1.82. The van der Waals surface area contributed by atoms with Crippen LogP contribution >= 0.6 is 0 Å². The van der Waals surface area contributed by atoms with Crippen molar-refractivity contribution in [3.8, 4) is 11.1 Å². The number of hydrogen-bond acceptors (Lipinski definition) is 2. The fraction of sp³-hybridized carbons (Fsp3) is 0.294. The van der Waals surface area contributed by atoms with Gasteiger partial charge in [-0.1, -0.05) is 56.3 Å². The second-order valence-electron chi connectivity index (χ2n) is 5.67. The number of nitrogens with two attached hydrogens (primary N) is 1. The van der Waals surface area contributed by atoms with E-state index in [9.17, 15) is 0 Å². The molecule has 0 aliphatic carbocycles. The number of rotatable bonds is 5. The lowest BCUT2D eigenvalue weighted by Gasteiger charge is -2.23. The highest BCUT2D eigenvalue weighted by Gasteiger charge is 2.14. The first-order chi connectivity index (χ1) is 9.11. The summed E-state index contributed by atoms with van der Waals surface area (Å²) in [4.78, 5) is 0. The van der Waals surface area contributed by atoms with E-state index in [1.807, 2.05) is 6.07 Å². The van der Waals surface area contributed by atoms with Crippen molar-refractivity contribution in [2.45, 2.75) is 13.8 Å². The molecule has 0 spiro atoms. The maximum Gasteiger partial charge on any atom is 0.0340 e. The zero-order valence-corrected chi connectivity index (χ0v) is 11.7. The zero-order valence-electron chi connectivity index (χ0n) is 11.7. The van der Waals surface area contributed by atoms with Crippen molar-refractivity contribution in [3.63, 3.8) is 0 Å². The molecule has 2 aromatic rings. The molecule has 2 heteroatoms. The normalized spacial score (nSPS) is 11.3. The number of benzene rings is 2. The minimum Gasteiger partial charge on any atom is -0.384 e. The molecule has 2 aromatic carbocycles. The van der Waals surface area contributed by atoms with Gasteiger partial charge in [-0.15, -0.1) is 0 Å². The summed E-state index contributed by atoms with van der Waals surface area (Å²) in [7, 11) is 0. The van der Waals surface area contributed by atoms with Crippen molar-refractivity contribution in [2.75, 3.05) is 18.4 Å². The van der Waals surface area contributed by atoms with Gasteiger partial charge < -0.3 is 11.1 Å². The smallest absolute Gasteiger partial charge is 0.0340 e. The van der Waals surface area contributed by atoms with Gasteiger partial charge in [0.05, 0.1) is 0 Å². The van der Waals surface area contributed by atoms with Crippen LogP contribution < -0.4 is 11.1 Å². The highest BCUT2D eigenvalue weighted by Crippen LogP contribution is 2.22. The van der Waals surface area contributed by atoms with Crippen molar-refractivity contribution in [3.05, 3.63) is 54.6 Å². The van der Waals surface area contributed by atoms with Crippen molar-refractivity contribution >= 4 is 5.69 Å². The first-order valence-corrected chi connectivity index (χ1v) is 6.70. The molecule has 2 nitrogen and oxygen atoms in total. The van der Waals surface area contributed by atoms with Crippen LogP contribution in [0.25, 0.3) is 11.1 Å². The minimum absolute atomic E-state index is 0.123. The molecule has 0 atom stereocenters. The van der Waals surface area contributed by atoms with Crippen LogP contribution in [0.15, 0.2) is 54.6 Å². The molecule has 0 fully saturated rings. The molecule has 0 amide bonds. The topological polar surface area (TPSA) is 38.0 Å². The molecular formula is C17H22N2. The van der Waals surface area contributed by atoms with Gasteiger partial charge in [0, 0.05) is 12.2 Å². The van der Waals surface area contributed by atoms with E-state index in [1.165, 1.54) is 11.1 Å². The van der Waals surface area contributed by atoms with Crippen LogP contribution in [-0.2, 0) is 0 Å². The average Bonchev–Trinajstić information content (AvgIpc) is 2.47. The van der Waals surface area contributed by atoms with E-state index in [2.05, 4.69) is 67.7 Å². The monoisotopic (exact) mass is 254 g/mol. The van der Waals surface area contributed by atoms with Crippen molar-refractivity contribution < 1.29 is 0 Å². The Kier molecular flexibility index (Phi) is 4.23. The number of anilines is 1. The van der Waals surface area contributed by atoms with Crippen LogP contribution in [-0.4, -0.2) is 13.1 Å². The summed E-state index contributed by atoms with van der Waals surface area (Å²) in [5, 5.41) is 3.43. The molecule has 0 heterocycles. The summed E-state index contributed by atoms with van der Waals surface area (Å²) >= 11 is 0. The molecule has 0 aromatic heterocycles. The summed E-state index contributed by atoms with van der Waals surface area (Å²) in [5.41, 5.74) is 9.48. The van der Waals surface area contributed by atoms with Gasteiger partial charge >= 0.3 is 0 Å². The van der Waals surface area contributed by atoms with Gasteiger partial charge in [0.1, 0.15) is 0 Å². The standard InChI is InChI=1S/C17H22N2/c1-17(2,12-18)13-19-16-10-8-15(9-11-16)14-6-4-3-5-7-14/h3-11,19H,12-13,18H2,1-2H3. The van der Waals surface area contributed by atoms with Gasteiger partial charge in [-0.25, -0.2) is 0 Å². The van der Waals surface area contributed by atoms with Crippen molar-refractivity contribution in [1.29, 1.82) is 0 Å². The third-order valence-corrected chi connectivity index (χ3v) is 3.32. The maximum absolute atomic E-state index is 5.73. The largest absolute Gasteiger partial charge is 0.384 e. The van der Waals surface area contributed by atoms with Gasteiger partial charge in [-0.3, -0.25) is 0 Å². The first-order valence-electron chi connectivity index (χ1n) is 6.70. The molecule has 0 unspecified atom stereocenters. The second kappa shape index (κ2) is 5.89. The van der Waals surface area contributed by atoms with Crippen molar-refractivity contribution in [1.82, 2.24) is 0 Å². The van der Waals surface area contributed by atoms with E-state index >= 15 is 0 Å². The maximum atomic E-state index is 5.73. The molecule has 0 aliphatic heterocycles. The summed E-state index contributed by atoms with van der Waals surface area (Å²) in [6.45, 7) is 5.90. The summed E-state index contributed by atoms with van der Waals surface area (Å²) in [6, 6.07) is 18.9. The lowest BCUT2D eigenvalue weighted by molar-refractivity contribution is 0.405. The Morgan fingerprint density at radius 3 is 2.05 bits per heavy atom. The predicted octanol–water partition coefficient (Wildman–Crippen LogP) is 3.75. The average molecular weight is 254 g/mol. The number of hydrogen-bond donors (Lipinski definition) is 2. The van der Waals surface area contributed by atoms with E-state index < -0.39 is 0 Å².